The van der Waals surface area contributed by atoms with Crippen molar-refractivity contribution in [2.75, 3.05) is 13.7 Å². The van der Waals surface area contributed by atoms with Crippen LogP contribution in [0.5, 0.6) is 0 Å². The second kappa shape index (κ2) is 9.11. The summed E-state index contributed by atoms with van der Waals surface area (Å²) in [7, 11) is 1.21. The average molecular weight is 577 g/mol. The summed E-state index contributed by atoms with van der Waals surface area (Å²) in [5.74, 6) is -2.10. The first-order chi connectivity index (χ1) is 18.9. The number of esters is 1. The summed E-state index contributed by atoms with van der Waals surface area (Å²) in [6.07, 6.45) is 0.0953. The Bertz CT molecular complexity index is 1440. The predicted molar refractivity (Wildman–Crippen MR) is 138 cm³/mol. The molecule has 4 heterocycles. The number of benzene rings is 1. The van der Waals surface area contributed by atoms with Gasteiger partial charge in [-0.05, 0) is 43.0 Å². The summed E-state index contributed by atoms with van der Waals surface area (Å²) in [4.78, 5) is 35.3. The van der Waals surface area contributed by atoms with E-state index in [2.05, 4.69) is 10.3 Å². The molecule has 0 radical (unpaired) electrons. The Balaban J connectivity index is 1.43. The molecule has 1 saturated carbocycles. The number of carbonyl (C=O) groups is 2. The van der Waals surface area contributed by atoms with Gasteiger partial charge >= 0.3 is 11.9 Å². The molecule has 3 N–H and O–H groups in total. The fraction of sp³-hybridized carbons (Fsp3) is 0.481. The number of nitrogens with one attached hydrogen (secondary N) is 1. The molecule has 2 saturated heterocycles. The number of aliphatic carboxylic acids is 1. The molecular weight excluding hydrogens is 549 g/mol. The normalized spacial score (nSPS) is 34.6. The Morgan fingerprint density at radius 2 is 1.95 bits per heavy atom. The van der Waals surface area contributed by atoms with Crippen LogP contribution in [-0.4, -0.2) is 80.5 Å². The number of carboxylic acids is 1. The number of aromatic nitrogens is 1. The average Bonchev–Trinajstić information content (AvgIpc) is 3.18. The highest BCUT2D eigenvalue weighted by Gasteiger charge is 2.86. The maximum Gasteiger partial charge on any atom is 0.338 e. The van der Waals surface area contributed by atoms with Crippen LogP contribution in [0.1, 0.15) is 47.9 Å². The summed E-state index contributed by atoms with van der Waals surface area (Å²) in [5.41, 5.74) is -4.77. The van der Waals surface area contributed by atoms with E-state index in [1.165, 1.54) is 36.6 Å². The van der Waals surface area contributed by atoms with Gasteiger partial charge in [-0.1, -0.05) is 6.07 Å². The number of aliphatic hydroxyl groups is 1. The van der Waals surface area contributed by atoms with Crippen molar-refractivity contribution in [3.8, 4) is 0 Å². The summed E-state index contributed by atoms with van der Waals surface area (Å²) in [6, 6.07) is 0.972. The molecule has 3 fully saturated rings. The zero-order valence-corrected chi connectivity index (χ0v) is 22.5. The van der Waals surface area contributed by atoms with Gasteiger partial charge in [-0.15, -0.1) is 11.3 Å². The molecule has 1 aliphatic carbocycles. The number of ether oxygens (including phenoxy) is 1. The molecule has 6 rings (SSSR count). The SMILES string of the molecule is COC(=O)C1=C(CN2C3CC(O)(CC(=O)O)CC2C2(F)CC32F)NC(c2nccs2)=N[C@H]1c1ccc(F)cc1C. The van der Waals surface area contributed by atoms with Crippen LogP contribution in [0, 0.1) is 12.7 Å². The first-order valence-electron chi connectivity index (χ1n) is 12.8. The molecule has 13 heteroatoms. The Labute approximate surface area is 231 Å². The lowest BCUT2D eigenvalue weighted by molar-refractivity contribution is -0.148. The molecule has 2 bridgehead atoms. The van der Waals surface area contributed by atoms with Crippen molar-refractivity contribution in [1.29, 1.82) is 0 Å². The summed E-state index contributed by atoms with van der Waals surface area (Å²) >= 11 is 1.30. The molecule has 4 aliphatic rings. The molecule has 1 aromatic heterocycles. The number of hydrogen-bond donors (Lipinski definition) is 3. The zero-order chi connectivity index (χ0) is 28.6. The van der Waals surface area contributed by atoms with Crippen molar-refractivity contribution < 1.29 is 37.7 Å². The van der Waals surface area contributed by atoms with Gasteiger partial charge in [-0.3, -0.25) is 14.7 Å². The smallest absolute Gasteiger partial charge is 0.338 e. The number of halogens is 3. The van der Waals surface area contributed by atoms with Crippen molar-refractivity contribution in [3.05, 3.63) is 63.0 Å². The third-order valence-corrected chi connectivity index (χ3v) is 9.38. The second-order valence-corrected chi connectivity index (χ2v) is 11.9. The number of carboxylic acid groups (broad SMARTS) is 1. The molecule has 212 valence electrons. The number of piperidine rings is 2. The van der Waals surface area contributed by atoms with Gasteiger partial charge < -0.3 is 20.3 Å². The van der Waals surface area contributed by atoms with Gasteiger partial charge in [-0.25, -0.2) is 22.9 Å². The van der Waals surface area contributed by atoms with E-state index < -0.39 is 59.2 Å². The number of nitrogens with zero attached hydrogens (tertiary/aromatic N) is 3. The molecule has 5 atom stereocenters. The Hall–Kier alpha value is -3.29. The third-order valence-electron chi connectivity index (χ3n) is 8.60. The van der Waals surface area contributed by atoms with Crippen LogP contribution in [0.15, 0.2) is 46.0 Å². The monoisotopic (exact) mass is 576 g/mol. The Morgan fingerprint density at radius 1 is 1.25 bits per heavy atom. The van der Waals surface area contributed by atoms with E-state index in [0.717, 1.165) is 0 Å². The number of fused-ring (bicyclic) bond motifs is 5. The van der Waals surface area contributed by atoms with E-state index in [4.69, 9.17) is 9.73 Å². The zero-order valence-electron chi connectivity index (χ0n) is 21.7. The van der Waals surface area contributed by atoms with Crippen molar-refractivity contribution in [2.24, 2.45) is 4.99 Å². The van der Waals surface area contributed by atoms with Crippen molar-refractivity contribution in [1.82, 2.24) is 15.2 Å². The van der Waals surface area contributed by atoms with E-state index in [9.17, 15) is 24.2 Å². The van der Waals surface area contributed by atoms with Crippen LogP contribution in [0.4, 0.5) is 13.2 Å². The number of rotatable bonds is 7. The lowest BCUT2D eigenvalue weighted by atomic mass is 9.80. The molecule has 40 heavy (non-hydrogen) atoms. The molecule has 1 aromatic carbocycles. The van der Waals surface area contributed by atoms with E-state index in [1.54, 1.807) is 23.4 Å². The van der Waals surface area contributed by atoms with Gasteiger partial charge in [0, 0.05) is 30.2 Å². The molecule has 2 aromatic rings. The van der Waals surface area contributed by atoms with E-state index in [-0.39, 0.29) is 37.1 Å². The molecule has 9 nitrogen and oxygen atoms in total. The fourth-order valence-electron chi connectivity index (χ4n) is 6.74. The number of carbonyl (C=O) groups excluding carboxylic acids is 1. The van der Waals surface area contributed by atoms with E-state index >= 15 is 8.78 Å². The largest absolute Gasteiger partial charge is 0.481 e. The highest BCUT2D eigenvalue weighted by Crippen LogP contribution is 2.70. The molecule has 0 spiro atoms. The minimum Gasteiger partial charge on any atom is -0.481 e. The van der Waals surface area contributed by atoms with Gasteiger partial charge in [0.2, 0.25) is 0 Å². The number of alkyl halides is 2. The molecule has 0 amide bonds. The number of amidine groups is 1. The van der Waals surface area contributed by atoms with Crippen LogP contribution in [0.3, 0.4) is 0 Å². The van der Waals surface area contributed by atoms with Crippen LogP contribution in [0.25, 0.3) is 0 Å². The summed E-state index contributed by atoms with van der Waals surface area (Å²) in [6.45, 7) is 1.57. The Morgan fingerprint density at radius 3 is 2.52 bits per heavy atom. The first-order valence-corrected chi connectivity index (χ1v) is 13.7. The number of methoxy groups -OCH3 is 1. The van der Waals surface area contributed by atoms with Gasteiger partial charge in [0.25, 0.3) is 0 Å². The minimum atomic E-state index is -2.24. The van der Waals surface area contributed by atoms with E-state index in [0.29, 0.717) is 22.0 Å². The van der Waals surface area contributed by atoms with Crippen molar-refractivity contribution >= 4 is 29.1 Å². The molecular formula is C27H27F3N4O5S. The molecule has 3 aliphatic heterocycles. The fourth-order valence-corrected chi connectivity index (χ4v) is 7.33. The summed E-state index contributed by atoms with van der Waals surface area (Å²) < 4.78 is 50.9. The van der Waals surface area contributed by atoms with Gasteiger partial charge in [0.15, 0.2) is 22.2 Å². The van der Waals surface area contributed by atoms with E-state index in [1.807, 2.05) is 0 Å². The number of aliphatic imine (C=N–C) groups is 1. The summed E-state index contributed by atoms with van der Waals surface area (Å²) in [5, 5.41) is 25.7. The van der Waals surface area contributed by atoms with Crippen molar-refractivity contribution in [3.63, 3.8) is 0 Å². The predicted octanol–water partition coefficient (Wildman–Crippen LogP) is 2.98. The maximum atomic E-state index is 15.9. The molecule has 4 unspecified atom stereocenters. The van der Waals surface area contributed by atoms with Gasteiger partial charge in [-0.2, -0.15) is 0 Å². The van der Waals surface area contributed by atoms with Crippen LogP contribution >= 0.6 is 11.3 Å². The lowest BCUT2D eigenvalue weighted by Crippen LogP contribution is -2.57. The van der Waals surface area contributed by atoms with Crippen LogP contribution < -0.4 is 5.32 Å². The van der Waals surface area contributed by atoms with Crippen LogP contribution in [0.2, 0.25) is 0 Å². The van der Waals surface area contributed by atoms with Gasteiger partial charge in [0.1, 0.15) is 11.9 Å². The number of aryl methyl sites for hydroxylation is 1. The second-order valence-electron chi connectivity index (χ2n) is 11.0. The standard InChI is InChI=1S/C27H27F3N4O5S/c1-13-7-14(28)3-4-15(13)21-20(24(37)39-2)16(32-22(33-21)23-31-5-6-40-23)11-34-17-8-25(38,10-19(35)36)9-18(34)27(30)12-26(17,27)29/h3-7,17-18,21,38H,8-12H2,1-2H3,(H,32,33)(H,35,36)/t17?,18?,21-,25?,26?,27?/m0/s1. The highest BCUT2D eigenvalue weighted by atomic mass is 32.1. The maximum absolute atomic E-state index is 15.9. The quantitative estimate of drug-likeness (QED) is 0.430. The van der Waals surface area contributed by atoms with Crippen LogP contribution in [-0.2, 0) is 14.3 Å². The first kappa shape index (κ1) is 26.9. The van der Waals surface area contributed by atoms with Gasteiger partial charge in [0.05, 0.1) is 36.8 Å². The third kappa shape index (κ3) is 4.05. The topological polar surface area (TPSA) is 124 Å². The van der Waals surface area contributed by atoms with Crippen molar-refractivity contribution in [2.45, 2.75) is 67.7 Å². The highest BCUT2D eigenvalue weighted by molar-refractivity contribution is 7.11. The Kier molecular flexibility index (Phi) is 6.13. The lowest BCUT2D eigenvalue weighted by Gasteiger charge is -2.46. The minimum absolute atomic E-state index is 0.0952. The number of hydrogen-bond acceptors (Lipinski definition) is 9. The number of thiazole rings is 1.